The van der Waals surface area contributed by atoms with Gasteiger partial charge >= 0.3 is 11.8 Å². The summed E-state index contributed by atoms with van der Waals surface area (Å²) in [6.07, 6.45) is 6.94. The van der Waals surface area contributed by atoms with Crippen molar-refractivity contribution in [3.05, 3.63) is 45.7 Å². The molecule has 0 saturated heterocycles. The fourth-order valence-electron chi connectivity index (χ4n) is 2.00. The molecule has 2 aliphatic heterocycles. The van der Waals surface area contributed by atoms with E-state index in [9.17, 15) is 14.9 Å². The van der Waals surface area contributed by atoms with E-state index in [0.717, 1.165) is 17.9 Å². The van der Waals surface area contributed by atoms with Crippen molar-refractivity contribution in [1.29, 1.82) is 0 Å². The smallest absolute Gasteiger partial charge is 0.355 e. The Balaban J connectivity index is 1.83. The van der Waals surface area contributed by atoms with Crippen molar-refractivity contribution in [2.75, 3.05) is 6.54 Å². The van der Waals surface area contributed by atoms with E-state index in [4.69, 9.17) is 10.0 Å². The maximum Gasteiger partial charge on any atom is 0.355 e. The Kier molecular flexibility index (Phi) is 4.77. The van der Waals surface area contributed by atoms with Gasteiger partial charge in [-0.2, -0.15) is 0 Å². The minimum atomic E-state index is -0.787. The van der Waals surface area contributed by atoms with E-state index < -0.39 is 10.9 Å². The lowest BCUT2D eigenvalue weighted by molar-refractivity contribution is -0.465. The van der Waals surface area contributed by atoms with Crippen molar-refractivity contribution in [3.8, 4) is 0 Å². The number of hydrogen-bond acceptors (Lipinski definition) is 7. The minimum Gasteiger partial charge on any atom is -0.481 e. The third kappa shape index (κ3) is 3.72. The number of nitrogens with one attached hydrogen (secondary N) is 2. The highest BCUT2D eigenvalue weighted by Crippen LogP contribution is 2.26. The Hall–Kier alpha value is -2.55. The molecule has 0 aromatic carbocycles. The molecule has 2 aliphatic rings. The molecule has 114 valence electrons. The van der Waals surface area contributed by atoms with E-state index in [1.54, 1.807) is 6.08 Å². The van der Waals surface area contributed by atoms with Crippen LogP contribution in [0.5, 0.6) is 0 Å². The molecule has 0 saturated carbocycles. The first-order valence-electron chi connectivity index (χ1n) is 6.55. The zero-order valence-electron chi connectivity index (χ0n) is 11.2. The van der Waals surface area contributed by atoms with Gasteiger partial charge in [-0.05, 0) is 28.9 Å². The lowest BCUT2D eigenvalue weighted by Gasteiger charge is -2.18. The molecule has 2 heterocycles. The first kappa shape index (κ1) is 14.9. The number of carboxylic acids is 1. The lowest BCUT2D eigenvalue weighted by atomic mass is 10.2. The molecule has 0 amide bonds. The van der Waals surface area contributed by atoms with Crippen molar-refractivity contribution >= 4 is 5.97 Å². The largest absolute Gasteiger partial charge is 0.481 e. The third-order valence-electron chi connectivity index (χ3n) is 3.01. The number of unbranched alkanes of at least 4 members (excludes halogenated alkanes) is 2. The molecule has 0 radical (unpaired) electrons. The number of nitrogens with zero attached hydrogens (tertiary/aromatic N) is 2. The second-order valence-electron chi connectivity index (χ2n) is 4.53. The van der Waals surface area contributed by atoms with Gasteiger partial charge < -0.3 is 20.5 Å². The van der Waals surface area contributed by atoms with Crippen LogP contribution in [0.2, 0.25) is 0 Å². The number of fused-ring (bicyclic) bond motifs is 1. The molecule has 0 spiro atoms. The molecular weight excluding hydrogens is 280 g/mol. The van der Waals surface area contributed by atoms with Gasteiger partial charge in [-0.25, -0.2) is 5.48 Å². The average Bonchev–Trinajstić information content (AvgIpc) is 2.91. The van der Waals surface area contributed by atoms with Crippen LogP contribution in [0.3, 0.4) is 0 Å². The van der Waals surface area contributed by atoms with Crippen molar-refractivity contribution in [2.24, 2.45) is 0 Å². The summed E-state index contributed by atoms with van der Waals surface area (Å²) in [6.45, 7) is 0.651. The summed E-state index contributed by atoms with van der Waals surface area (Å²) >= 11 is 0. The standard InChI is InChI=1S/C12H16N4O5/c17-12(18)4-2-1-3-7-13-9-5-6-11(16(19)20)15-10(9)8-14-21-15/h5-6,8,13-14H,1-4,7H2,(H,17,18). The molecule has 0 bridgehead atoms. The van der Waals surface area contributed by atoms with Gasteiger partial charge in [0.05, 0.1) is 11.9 Å². The summed E-state index contributed by atoms with van der Waals surface area (Å²) < 4.78 is 0. The molecule has 21 heavy (non-hydrogen) atoms. The molecule has 0 atom stereocenters. The Morgan fingerprint density at radius 1 is 1.43 bits per heavy atom. The number of nitro groups is 1. The molecule has 9 heteroatoms. The van der Waals surface area contributed by atoms with Crippen molar-refractivity contribution in [3.63, 3.8) is 0 Å². The molecule has 2 rings (SSSR count). The van der Waals surface area contributed by atoms with Gasteiger partial charge in [0.25, 0.3) is 0 Å². The Morgan fingerprint density at radius 3 is 2.95 bits per heavy atom. The maximum atomic E-state index is 10.9. The van der Waals surface area contributed by atoms with Gasteiger partial charge in [0.1, 0.15) is 0 Å². The second-order valence-corrected chi connectivity index (χ2v) is 4.53. The van der Waals surface area contributed by atoms with E-state index >= 15 is 0 Å². The molecular formula is C12H16N4O5. The maximum absolute atomic E-state index is 10.9. The van der Waals surface area contributed by atoms with Crippen LogP contribution >= 0.6 is 0 Å². The van der Waals surface area contributed by atoms with Gasteiger partial charge in [0.2, 0.25) is 5.70 Å². The van der Waals surface area contributed by atoms with Crippen molar-refractivity contribution in [2.45, 2.75) is 25.7 Å². The predicted octanol–water partition coefficient (Wildman–Crippen LogP) is 0.830. The zero-order chi connectivity index (χ0) is 15.2. The van der Waals surface area contributed by atoms with Gasteiger partial charge in [0.15, 0.2) is 0 Å². The van der Waals surface area contributed by atoms with Crippen LogP contribution in [-0.4, -0.2) is 27.6 Å². The van der Waals surface area contributed by atoms with Gasteiger partial charge in [-0.15, -0.1) is 0 Å². The molecule has 0 aromatic rings. The van der Waals surface area contributed by atoms with Crippen LogP contribution in [0, 0.1) is 10.1 Å². The van der Waals surface area contributed by atoms with E-state index in [0.29, 0.717) is 24.4 Å². The quantitative estimate of drug-likeness (QED) is 0.342. The summed E-state index contributed by atoms with van der Waals surface area (Å²) in [7, 11) is 0. The van der Waals surface area contributed by atoms with E-state index in [1.807, 2.05) is 0 Å². The summed E-state index contributed by atoms with van der Waals surface area (Å²) in [4.78, 5) is 25.7. The Bertz CT molecular complexity index is 526. The van der Waals surface area contributed by atoms with Crippen LogP contribution in [0.15, 0.2) is 35.6 Å². The zero-order valence-corrected chi connectivity index (χ0v) is 11.2. The van der Waals surface area contributed by atoms with Crippen LogP contribution in [0.25, 0.3) is 0 Å². The fraction of sp³-hybridized carbons (Fsp3) is 0.417. The van der Waals surface area contributed by atoms with E-state index in [2.05, 4.69) is 10.8 Å². The Morgan fingerprint density at radius 2 is 2.24 bits per heavy atom. The molecule has 0 unspecified atom stereocenters. The van der Waals surface area contributed by atoms with Crippen molar-refractivity contribution in [1.82, 2.24) is 15.9 Å². The summed E-state index contributed by atoms with van der Waals surface area (Å²) in [5.74, 6) is -0.955. The highest BCUT2D eigenvalue weighted by Gasteiger charge is 2.36. The van der Waals surface area contributed by atoms with Crippen LogP contribution < -0.4 is 10.8 Å². The first-order valence-corrected chi connectivity index (χ1v) is 6.55. The number of carboxylic acid groups (broad SMARTS) is 1. The van der Waals surface area contributed by atoms with E-state index in [-0.39, 0.29) is 12.2 Å². The summed E-state index contributed by atoms with van der Waals surface area (Å²) in [5, 5.41) is 23.6. The highest BCUT2D eigenvalue weighted by molar-refractivity contribution is 5.66. The lowest BCUT2D eigenvalue weighted by Crippen LogP contribution is -2.31. The number of rotatable bonds is 8. The number of aliphatic carboxylic acids is 1. The second kappa shape index (κ2) is 6.75. The molecule has 0 aliphatic carbocycles. The topological polar surface area (TPSA) is 117 Å². The number of allylic oxidation sites excluding steroid dienone is 2. The summed E-state index contributed by atoms with van der Waals surface area (Å²) in [5.41, 5.74) is 3.72. The molecule has 0 aromatic heterocycles. The summed E-state index contributed by atoms with van der Waals surface area (Å²) in [6, 6.07) is 0. The number of hydroxylamine groups is 3. The van der Waals surface area contributed by atoms with Crippen molar-refractivity contribution < 1.29 is 19.8 Å². The van der Waals surface area contributed by atoms with Gasteiger partial charge in [-0.1, -0.05) is 11.4 Å². The number of carbonyl (C=O) groups is 1. The van der Waals surface area contributed by atoms with Crippen LogP contribution in [-0.2, 0) is 9.73 Å². The van der Waals surface area contributed by atoms with Gasteiger partial charge in [-0.3, -0.25) is 4.79 Å². The Labute approximate surface area is 120 Å². The van der Waals surface area contributed by atoms with Crippen LogP contribution in [0.4, 0.5) is 0 Å². The molecule has 9 nitrogen and oxygen atoms in total. The first-order chi connectivity index (χ1) is 10.1. The normalized spacial score (nSPS) is 16.4. The average molecular weight is 296 g/mol. The van der Waals surface area contributed by atoms with Gasteiger partial charge in [0, 0.05) is 19.0 Å². The molecule has 0 fully saturated rings. The molecule has 3 N–H and O–H groups in total. The third-order valence-corrected chi connectivity index (χ3v) is 3.01. The fourth-order valence-corrected chi connectivity index (χ4v) is 2.00. The predicted molar refractivity (Wildman–Crippen MR) is 71.4 cm³/mol. The van der Waals surface area contributed by atoms with E-state index in [1.165, 1.54) is 12.3 Å². The highest BCUT2D eigenvalue weighted by atomic mass is 16.8. The monoisotopic (exact) mass is 296 g/mol. The van der Waals surface area contributed by atoms with Crippen LogP contribution in [0.1, 0.15) is 25.7 Å². The number of hydrogen-bond donors (Lipinski definition) is 3. The SMILES string of the molecule is O=C(O)CCCCCNC1=CC=C([N+](=O)[O-])N2ONC=C12. The minimum absolute atomic E-state index is 0.168.